The van der Waals surface area contributed by atoms with Crippen LogP contribution in [-0.4, -0.2) is 14.0 Å². The van der Waals surface area contributed by atoms with Gasteiger partial charge in [-0.1, -0.05) is 83.9 Å². The third-order valence-corrected chi connectivity index (χ3v) is 7.59. The van der Waals surface area contributed by atoms with Gasteiger partial charge in [0.15, 0.2) is 0 Å². The van der Waals surface area contributed by atoms with Gasteiger partial charge in [-0.05, 0) is 57.0 Å². The van der Waals surface area contributed by atoms with Crippen molar-refractivity contribution in [3.63, 3.8) is 0 Å². The van der Waals surface area contributed by atoms with Crippen LogP contribution in [0.25, 0.3) is 55.7 Å². The molecule has 0 aliphatic rings. The first-order valence-corrected chi connectivity index (χ1v) is 13.2. The summed E-state index contributed by atoms with van der Waals surface area (Å²) in [6.07, 6.45) is 2.18. The second kappa shape index (κ2) is 8.46. The van der Waals surface area contributed by atoms with Crippen LogP contribution in [0.2, 0.25) is 0 Å². The van der Waals surface area contributed by atoms with E-state index in [0.29, 0.717) is 0 Å². The van der Waals surface area contributed by atoms with Gasteiger partial charge in [0, 0.05) is 34.2 Å². The maximum atomic E-state index is 5.21. The molecule has 0 spiro atoms. The summed E-state index contributed by atoms with van der Waals surface area (Å²) < 4.78 is 4.66. The van der Waals surface area contributed by atoms with Gasteiger partial charge in [-0.2, -0.15) is 0 Å². The molecule has 3 heteroatoms. The summed E-state index contributed by atoms with van der Waals surface area (Å²) in [4.78, 5) is 5.21. The van der Waals surface area contributed by atoms with Gasteiger partial charge >= 0.3 is 0 Å². The molecule has 0 amide bonds. The molecule has 7 rings (SSSR count). The Bertz CT molecular complexity index is 1930. The molecule has 38 heavy (non-hydrogen) atoms. The molecule has 7 aromatic rings. The fourth-order valence-corrected chi connectivity index (χ4v) is 6.14. The average Bonchev–Trinajstić information content (AvgIpc) is 3.46. The summed E-state index contributed by atoms with van der Waals surface area (Å²) >= 11 is 0. The van der Waals surface area contributed by atoms with Gasteiger partial charge in [0.2, 0.25) is 0 Å². The van der Waals surface area contributed by atoms with Crippen molar-refractivity contribution in [3.8, 4) is 28.2 Å². The molecule has 0 saturated carbocycles. The number of pyridine rings is 1. The number of nitrogens with zero attached hydrogens (tertiary/aromatic N) is 3. The molecule has 3 nitrogen and oxygen atoms in total. The van der Waals surface area contributed by atoms with E-state index in [0.717, 1.165) is 33.8 Å². The third-order valence-electron chi connectivity index (χ3n) is 7.59. The number of imidazole rings is 1. The van der Waals surface area contributed by atoms with Crippen molar-refractivity contribution in [2.24, 2.45) is 0 Å². The molecule has 3 aromatic heterocycles. The second-order valence-corrected chi connectivity index (χ2v) is 10.4. The fourth-order valence-electron chi connectivity index (χ4n) is 6.14. The highest BCUT2D eigenvalue weighted by atomic mass is 15.0. The largest absolute Gasteiger partial charge is 0.309 e. The summed E-state index contributed by atoms with van der Waals surface area (Å²) in [5.41, 5.74) is 14.1. The van der Waals surface area contributed by atoms with Gasteiger partial charge in [-0.15, -0.1) is 0 Å². The first-order chi connectivity index (χ1) is 18.5. The lowest BCUT2D eigenvalue weighted by Crippen LogP contribution is -1.99. The van der Waals surface area contributed by atoms with E-state index < -0.39 is 0 Å². The molecule has 0 fully saturated rings. The van der Waals surface area contributed by atoms with Crippen molar-refractivity contribution >= 4 is 27.5 Å². The van der Waals surface area contributed by atoms with Crippen LogP contribution >= 0.6 is 0 Å². The molecule has 3 heterocycles. The highest BCUT2D eigenvalue weighted by Gasteiger charge is 2.20. The Labute approximate surface area is 222 Å². The van der Waals surface area contributed by atoms with Crippen molar-refractivity contribution in [2.45, 2.75) is 27.7 Å². The van der Waals surface area contributed by atoms with Crippen LogP contribution in [0.3, 0.4) is 0 Å². The molecule has 0 unspecified atom stereocenters. The average molecular weight is 492 g/mol. The van der Waals surface area contributed by atoms with E-state index in [1.165, 1.54) is 44.1 Å². The zero-order valence-electron chi connectivity index (χ0n) is 22.2. The van der Waals surface area contributed by atoms with Gasteiger partial charge in [-0.3, -0.25) is 4.40 Å². The normalized spacial score (nSPS) is 11.7. The van der Waals surface area contributed by atoms with Gasteiger partial charge in [0.25, 0.3) is 0 Å². The molecule has 0 saturated heterocycles. The quantitative estimate of drug-likeness (QED) is 0.242. The number of hydrogen-bond acceptors (Lipinski definition) is 1. The first kappa shape index (κ1) is 22.6. The smallest absolute Gasteiger partial charge is 0.140 e. The van der Waals surface area contributed by atoms with Crippen LogP contribution in [0.15, 0.2) is 103 Å². The van der Waals surface area contributed by atoms with E-state index in [2.05, 4.69) is 140 Å². The van der Waals surface area contributed by atoms with E-state index in [-0.39, 0.29) is 0 Å². The number of fused-ring (bicyclic) bond motifs is 4. The Morgan fingerprint density at radius 2 is 1.13 bits per heavy atom. The molecule has 0 atom stereocenters. The summed E-state index contributed by atoms with van der Waals surface area (Å²) in [6, 6.07) is 34.7. The van der Waals surface area contributed by atoms with Crippen LogP contribution in [0.4, 0.5) is 0 Å². The Hall–Kier alpha value is -4.63. The van der Waals surface area contributed by atoms with Crippen molar-refractivity contribution in [3.05, 3.63) is 126 Å². The number of rotatable bonds is 3. The minimum Gasteiger partial charge on any atom is -0.309 e. The van der Waals surface area contributed by atoms with E-state index in [9.17, 15) is 0 Å². The third kappa shape index (κ3) is 3.39. The maximum absolute atomic E-state index is 5.21. The highest BCUT2D eigenvalue weighted by molar-refractivity contribution is 6.11. The Morgan fingerprint density at radius 3 is 1.71 bits per heavy atom. The summed E-state index contributed by atoms with van der Waals surface area (Å²) in [7, 11) is 0. The molecule has 0 bridgehead atoms. The van der Waals surface area contributed by atoms with E-state index >= 15 is 0 Å². The summed E-state index contributed by atoms with van der Waals surface area (Å²) in [6.45, 7) is 8.82. The lowest BCUT2D eigenvalue weighted by Gasteiger charge is -2.12. The van der Waals surface area contributed by atoms with E-state index in [4.69, 9.17) is 4.98 Å². The van der Waals surface area contributed by atoms with Gasteiger partial charge in [0.1, 0.15) is 5.65 Å². The van der Waals surface area contributed by atoms with Crippen molar-refractivity contribution < 1.29 is 0 Å². The zero-order valence-corrected chi connectivity index (χ0v) is 22.2. The Balaban J connectivity index is 1.56. The number of benzene rings is 4. The number of hydrogen-bond donors (Lipinski definition) is 0. The molecule has 4 aromatic carbocycles. The zero-order chi connectivity index (χ0) is 26.0. The van der Waals surface area contributed by atoms with E-state index in [1.807, 2.05) is 0 Å². The van der Waals surface area contributed by atoms with Crippen molar-refractivity contribution in [1.82, 2.24) is 14.0 Å². The molecule has 0 radical (unpaired) electrons. The molecular formula is C35H29N3. The Morgan fingerprint density at radius 1 is 0.579 bits per heavy atom. The number of aromatic nitrogens is 3. The predicted octanol–water partition coefficient (Wildman–Crippen LogP) is 9.00. The van der Waals surface area contributed by atoms with Gasteiger partial charge in [-0.25, -0.2) is 4.98 Å². The van der Waals surface area contributed by atoms with Crippen molar-refractivity contribution in [1.29, 1.82) is 0 Å². The van der Waals surface area contributed by atoms with E-state index in [1.54, 1.807) is 0 Å². The molecule has 0 aliphatic carbocycles. The van der Waals surface area contributed by atoms with Crippen LogP contribution in [-0.2, 0) is 0 Å². The van der Waals surface area contributed by atoms with Crippen LogP contribution in [0.1, 0.15) is 22.3 Å². The van der Waals surface area contributed by atoms with Crippen molar-refractivity contribution in [2.75, 3.05) is 0 Å². The van der Waals surface area contributed by atoms with Crippen LogP contribution in [0, 0.1) is 27.7 Å². The van der Waals surface area contributed by atoms with Crippen LogP contribution in [0.5, 0.6) is 0 Å². The second-order valence-electron chi connectivity index (χ2n) is 10.4. The van der Waals surface area contributed by atoms with Crippen LogP contribution < -0.4 is 0 Å². The monoisotopic (exact) mass is 491 g/mol. The van der Waals surface area contributed by atoms with Gasteiger partial charge < -0.3 is 4.57 Å². The first-order valence-electron chi connectivity index (χ1n) is 13.2. The lowest BCUT2D eigenvalue weighted by molar-refractivity contribution is 1.11. The van der Waals surface area contributed by atoms with Gasteiger partial charge in [0.05, 0.1) is 28.1 Å². The summed E-state index contributed by atoms with van der Waals surface area (Å²) in [5, 5.41) is 2.62. The fraction of sp³-hybridized carbons (Fsp3) is 0.114. The minimum atomic E-state index is 0.935. The molecule has 0 aliphatic heterocycles. The molecular weight excluding hydrogens is 462 g/mol. The molecule has 0 N–H and O–H groups in total. The number of aryl methyl sites for hydroxylation is 4. The highest BCUT2D eigenvalue weighted by Crippen LogP contribution is 2.38. The summed E-state index contributed by atoms with van der Waals surface area (Å²) in [5.74, 6) is 0. The minimum absolute atomic E-state index is 0.935. The topological polar surface area (TPSA) is 22.2 Å². The maximum Gasteiger partial charge on any atom is 0.140 e. The molecule has 184 valence electrons. The standard InChI is InChI=1S/C35H29N3/c1-22-17-24(3)33-29(19-22)30-20-23(2)18-25(4)34(30)38(33)28-15-16-37-31(21-28)36-32(26-11-7-5-8-12-26)35(37)27-13-9-6-10-14-27/h5-21H,1-4H3. The predicted molar refractivity (Wildman–Crippen MR) is 159 cm³/mol. The Kier molecular flexibility index (Phi) is 5.02. The SMILES string of the molecule is Cc1cc(C)c2c(c1)c1cc(C)cc(C)c1n2-c1ccn2c(-c3ccccc3)c(-c3ccccc3)nc2c1. The lowest BCUT2D eigenvalue weighted by atomic mass is 10.0.